The van der Waals surface area contributed by atoms with E-state index in [-0.39, 0.29) is 5.58 Å². The van der Waals surface area contributed by atoms with Crippen molar-refractivity contribution in [1.29, 1.82) is 0 Å². The van der Waals surface area contributed by atoms with Gasteiger partial charge in [-0.2, -0.15) is 0 Å². The van der Waals surface area contributed by atoms with Crippen molar-refractivity contribution in [2.45, 2.75) is 45.4 Å². The Kier molecular flexibility index (Phi) is 8.04. The first-order chi connectivity index (χ1) is 12.5. The van der Waals surface area contributed by atoms with Crippen molar-refractivity contribution < 1.29 is 14.4 Å². The van der Waals surface area contributed by atoms with Gasteiger partial charge in [-0.25, -0.2) is 9.98 Å². The molecule has 142 valence electrons. The molecule has 0 amide bonds. The second-order valence-corrected chi connectivity index (χ2v) is 7.69. The van der Waals surface area contributed by atoms with Gasteiger partial charge in [0.2, 0.25) is 5.58 Å². The molecule has 7 nitrogen and oxygen atoms in total. The highest BCUT2D eigenvalue weighted by Gasteiger charge is 2.22. The minimum absolute atomic E-state index is 0.279. The molecule has 1 aromatic heterocycles. The zero-order valence-corrected chi connectivity index (χ0v) is 16.0. The van der Waals surface area contributed by atoms with Crippen LogP contribution in [0.1, 0.15) is 45.4 Å². The van der Waals surface area contributed by atoms with Crippen LogP contribution in [0, 0.1) is 0 Å². The summed E-state index contributed by atoms with van der Waals surface area (Å²) in [7, 11) is -4.45. The zero-order chi connectivity index (χ0) is 18.8. The fourth-order valence-electron chi connectivity index (χ4n) is 2.56. The van der Waals surface area contributed by atoms with Crippen molar-refractivity contribution in [2.24, 2.45) is 4.99 Å². The molecule has 1 aromatic carbocycles. The zero-order valence-electron chi connectivity index (χ0n) is 15.1. The first kappa shape index (κ1) is 20.4. The maximum Gasteiger partial charge on any atom is 0.390 e. The van der Waals surface area contributed by atoms with Gasteiger partial charge in [-0.1, -0.05) is 51.2 Å². The van der Waals surface area contributed by atoms with E-state index in [1.165, 1.54) is 19.3 Å². The first-order valence-corrected chi connectivity index (χ1v) is 10.6. The fraction of sp³-hybridized carbons (Fsp3) is 0.444. The van der Waals surface area contributed by atoms with Crippen LogP contribution >= 0.6 is 7.60 Å². The summed E-state index contributed by atoms with van der Waals surface area (Å²) in [4.78, 5) is 30.2. The van der Waals surface area contributed by atoms with Crippen LogP contribution in [0.5, 0.6) is 0 Å². The normalized spacial score (nSPS) is 12.3. The van der Waals surface area contributed by atoms with Gasteiger partial charge in [0.05, 0.1) is 17.7 Å². The summed E-state index contributed by atoms with van der Waals surface area (Å²) in [5.41, 5.74) is 1.91. The Morgan fingerprint density at radius 2 is 1.85 bits per heavy atom. The highest BCUT2D eigenvalue weighted by Crippen LogP contribution is 2.37. The Balaban J connectivity index is 1.94. The van der Waals surface area contributed by atoms with Gasteiger partial charge in [-0.15, -0.1) is 0 Å². The van der Waals surface area contributed by atoms with Crippen molar-refractivity contribution in [2.75, 3.05) is 6.54 Å². The van der Waals surface area contributed by atoms with Gasteiger partial charge in [-0.05, 0) is 18.6 Å². The number of H-pyrrole nitrogens is 1. The largest absolute Gasteiger partial charge is 0.390 e. The predicted molar refractivity (Wildman–Crippen MR) is 105 cm³/mol. The predicted octanol–water partition coefficient (Wildman–Crippen LogP) is 4.19. The second-order valence-electron chi connectivity index (χ2n) is 6.18. The maximum absolute atomic E-state index is 11.7. The number of hydrogen-bond acceptors (Lipinski definition) is 3. The standard InChI is InChI=1S/C18H27N4O3P/c1-2-3-4-5-6-7-12-20-18(26(23,24)25)22-16-10-8-15(9-11-16)17-13-19-14-21-17/h8-11,13-14H,2-7,12H2,1H3,(H,19,21)(H,20,22)(H2,23,24,25). The average molecular weight is 378 g/mol. The molecule has 0 atom stereocenters. The minimum atomic E-state index is -4.45. The minimum Gasteiger partial charge on any atom is -0.363 e. The van der Waals surface area contributed by atoms with Crippen molar-refractivity contribution in [3.8, 4) is 11.3 Å². The SMILES string of the molecule is CCCCCCCCNC(=Nc1ccc(-c2c[nH]cn2)cc1)P(=O)(O)O. The van der Waals surface area contributed by atoms with Crippen molar-refractivity contribution in [1.82, 2.24) is 15.3 Å². The molecule has 0 fully saturated rings. The average Bonchev–Trinajstić information content (AvgIpc) is 3.14. The number of benzene rings is 1. The number of imidazole rings is 1. The Bertz CT molecular complexity index is 723. The van der Waals surface area contributed by atoms with Crippen LogP contribution in [-0.2, 0) is 4.57 Å². The van der Waals surface area contributed by atoms with Crippen LogP contribution < -0.4 is 5.32 Å². The van der Waals surface area contributed by atoms with Crippen molar-refractivity contribution >= 4 is 18.9 Å². The third-order valence-electron chi connectivity index (χ3n) is 3.99. The summed E-state index contributed by atoms with van der Waals surface area (Å²) in [5.74, 6) is 0. The van der Waals surface area contributed by atoms with Gasteiger partial charge >= 0.3 is 7.60 Å². The van der Waals surface area contributed by atoms with Crippen LogP contribution in [0.4, 0.5) is 5.69 Å². The quantitative estimate of drug-likeness (QED) is 0.214. The van der Waals surface area contributed by atoms with Crippen LogP contribution in [0.25, 0.3) is 11.3 Å². The molecule has 2 aromatic rings. The van der Waals surface area contributed by atoms with Gasteiger partial charge in [0.15, 0.2) is 0 Å². The molecule has 0 aliphatic rings. The lowest BCUT2D eigenvalue weighted by atomic mass is 10.1. The van der Waals surface area contributed by atoms with E-state index in [0.29, 0.717) is 12.2 Å². The Morgan fingerprint density at radius 3 is 2.46 bits per heavy atom. The highest BCUT2D eigenvalue weighted by molar-refractivity contribution is 7.70. The molecule has 0 spiro atoms. The van der Waals surface area contributed by atoms with E-state index >= 15 is 0 Å². The fourth-order valence-corrected chi connectivity index (χ4v) is 3.12. The van der Waals surface area contributed by atoms with Crippen molar-refractivity contribution in [3.05, 3.63) is 36.8 Å². The third-order valence-corrected chi connectivity index (χ3v) is 4.80. The maximum atomic E-state index is 11.7. The monoisotopic (exact) mass is 378 g/mol. The number of nitrogens with zero attached hydrogens (tertiary/aromatic N) is 2. The summed E-state index contributed by atoms with van der Waals surface area (Å²) in [6, 6.07) is 7.07. The van der Waals surface area contributed by atoms with Gasteiger partial charge in [0, 0.05) is 18.3 Å². The molecular formula is C18H27N4O3P. The number of amidine groups is 1. The van der Waals surface area contributed by atoms with E-state index in [4.69, 9.17) is 0 Å². The van der Waals surface area contributed by atoms with Crippen LogP contribution in [0.15, 0.2) is 41.8 Å². The number of nitrogens with one attached hydrogen (secondary N) is 2. The van der Waals surface area contributed by atoms with Crippen molar-refractivity contribution in [3.63, 3.8) is 0 Å². The van der Waals surface area contributed by atoms with E-state index in [2.05, 4.69) is 27.2 Å². The smallest absolute Gasteiger partial charge is 0.363 e. The molecule has 8 heteroatoms. The van der Waals surface area contributed by atoms with E-state index < -0.39 is 7.60 Å². The summed E-state index contributed by atoms with van der Waals surface area (Å²) in [6.07, 6.45) is 10.1. The number of hydrogen-bond donors (Lipinski definition) is 4. The van der Waals surface area contributed by atoms with E-state index in [9.17, 15) is 14.4 Å². The molecular weight excluding hydrogens is 351 g/mol. The first-order valence-electron chi connectivity index (χ1n) is 8.98. The molecule has 4 N–H and O–H groups in total. The molecule has 0 radical (unpaired) electrons. The van der Waals surface area contributed by atoms with Crippen LogP contribution in [0.3, 0.4) is 0 Å². The number of aromatic amines is 1. The molecule has 1 heterocycles. The Labute approximate surface area is 154 Å². The number of rotatable bonds is 10. The van der Waals surface area contributed by atoms with Gasteiger partial charge in [0.25, 0.3) is 0 Å². The Morgan fingerprint density at radius 1 is 1.15 bits per heavy atom. The van der Waals surface area contributed by atoms with E-state index in [1.54, 1.807) is 24.7 Å². The van der Waals surface area contributed by atoms with E-state index in [1.807, 2.05) is 12.1 Å². The lowest BCUT2D eigenvalue weighted by molar-refractivity contribution is 0.389. The molecule has 0 aliphatic carbocycles. The molecule has 0 saturated heterocycles. The van der Waals surface area contributed by atoms with Crippen LogP contribution in [0.2, 0.25) is 0 Å². The topological polar surface area (TPSA) is 111 Å². The summed E-state index contributed by atoms with van der Waals surface area (Å²) in [6.45, 7) is 2.67. The third kappa shape index (κ3) is 6.75. The van der Waals surface area contributed by atoms with Crippen LogP contribution in [-0.4, -0.2) is 31.9 Å². The molecule has 26 heavy (non-hydrogen) atoms. The summed E-state index contributed by atoms with van der Waals surface area (Å²) in [5, 5.41) is 2.81. The highest BCUT2D eigenvalue weighted by atomic mass is 31.2. The van der Waals surface area contributed by atoms with Gasteiger partial charge in [0.1, 0.15) is 0 Å². The lowest BCUT2D eigenvalue weighted by Gasteiger charge is -2.11. The second kappa shape index (κ2) is 10.3. The summed E-state index contributed by atoms with van der Waals surface area (Å²) >= 11 is 0. The summed E-state index contributed by atoms with van der Waals surface area (Å²) < 4.78 is 11.7. The number of aromatic nitrogens is 2. The van der Waals surface area contributed by atoms with Gasteiger partial charge in [-0.3, -0.25) is 4.57 Å². The molecule has 0 unspecified atom stereocenters. The van der Waals surface area contributed by atoms with Gasteiger partial charge < -0.3 is 20.1 Å². The number of aliphatic imine (C=N–C) groups is 1. The molecule has 0 saturated carbocycles. The van der Waals surface area contributed by atoms with E-state index in [0.717, 1.165) is 30.5 Å². The molecule has 0 aliphatic heterocycles. The molecule has 2 rings (SSSR count). The molecule has 0 bridgehead atoms. The Hall–Kier alpha value is -1.95. The lowest BCUT2D eigenvalue weighted by Crippen LogP contribution is -2.24. The number of unbranched alkanes of at least 4 members (excludes halogenated alkanes) is 5.